The minimum atomic E-state index is 0.503. The number of hydrogen-bond donors (Lipinski definition) is 0. The maximum Gasteiger partial charge on any atom is 0.0988 e. The van der Waals surface area contributed by atoms with E-state index in [2.05, 4.69) is 13.2 Å². The van der Waals surface area contributed by atoms with Crippen LogP contribution in [0.4, 0.5) is 0 Å². The van der Waals surface area contributed by atoms with Crippen LogP contribution in [0.5, 0.6) is 0 Å². The van der Waals surface area contributed by atoms with E-state index in [9.17, 15) is 0 Å². The van der Waals surface area contributed by atoms with Crippen molar-refractivity contribution in [3.63, 3.8) is 0 Å². The van der Waals surface area contributed by atoms with Gasteiger partial charge in [-0.25, -0.2) is 0 Å². The van der Waals surface area contributed by atoms with Crippen LogP contribution < -0.4 is 0 Å². The number of nitriles is 1. The highest BCUT2D eigenvalue weighted by atomic mass is 14.2. The summed E-state index contributed by atoms with van der Waals surface area (Å²) in [6.07, 6.45) is 1.84. The average molecular weight is 133 g/mol. The third-order valence-electron chi connectivity index (χ3n) is 1.07. The van der Waals surface area contributed by atoms with Crippen LogP contribution in [0.15, 0.2) is 36.0 Å². The average Bonchev–Trinajstić information content (AvgIpc) is 1.85. The predicted molar refractivity (Wildman–Crippen MR) is 43.3 cm³/mol. The standard InChI is InChI=1S/C9H11N/c1-7(2)5-8(3)9(4)6-10/h5H,1,4H2,2-3H3/b8-5-. The van der Waals surface area contributed by atoms with Gasteiger partial charge in [0.25, 0.3) is 0 Å². The van der Waals surface area contributed by atoms with Gasteiger partial charge in [-0.2, -0.15) is 5.26 Å². The number of allylic oxidation sites excluding steroid dienone is 4. The molecule has 52 valence electrons. The Balaban J connectivity index is 4.38. The van der Waals surface area contributed by atoms with Crippen molar-refractivity contribution in [2.24, 2.45) is 0 Å². The fraction of sp³-hybridized carbons (Fsp3) is 0.222. The molecule has 10 heavy (non-hydrogen) atoms. The molecule has 0 aromatic heterocycles. The van der Waals surface area contributed by atoms with E-state index in [0.717, 1.165) is 11.1 Å². The minimum absolute atomic E-state index is 0.503. The van der Waals surface area contributed by atoms with Crippen molar-refractivity contribution in [1.82, 2.24) is 0 Å². The van der Waals surface area contributed by atoms with E-state index in [1.807, 2.05) is 26.0 Å². The van der Waals surface area contributed by atoms with E-state index in [0.29, 0.717) is 5.57 Å². The molecule has 0 atom stereocenters. The second-order valence-corrected chi connectivity index (χ2v) is 2.26. The summed E-state index contributed by atoms with van der Waals surface area (Å²) in [5.41, 5.74) is 2.33. The van der Waals surface area contributed by atoms with E-state index in [4.69, 9.17) is 5.26 Å². The minimum Gasteiger partial charge on any atom is -0.192 e. The van der Waals surface area contributed by atoms with E-state index in [1.165, 1.54) is 0 Å². The molecule has 0 aliphatic rings. The van der Waals surface area contributed by atoms with Gasteiger partial charge in [0.1, 0.15) is 0 Å². The first kappa shape index (κ1) is 8.71. The lowest BCUT2D eigenvalue weighted by molar-refractivity contribution is 1.38. The van der Waals surface area contributed by atoms with Crippen molar-refractivity contribution < 1.29 is 0 Å². The summed E-state index contributed by atoms with van der Waals surface area (Å²) in [6.45, 7) is 11.0. The maximum absolute atomic E-state index is 8.40. The third-order valence-corrected chi connectivity index (χ3v) is 1.07. The zero-order valence-electron chi connectivity index (χ0n) is 6.44. The monoisotopic (exact) mass is 133 g/mol. The molecule has 1 heteroatoms. The first-order valence-corrected chi connectivity index (χ1v) is 3.01. The topological polar surface area (TPSA) is 23.8 Å². The normalized spacial score (nSPS) is 10.3. The van der Waals surface area contributed by atoms with Gasteiger partial charge < -0.3 is 0 Å². The lowest BCUT2D eigenvalue weighted by Gasteiger charge is -1.94. The van der Waals surface area contributed by atoms with Crippen LogP contribution in [0.2, 0.25) is 0 Å². The molecule has 0 aromatic rings. The van der Waals surface area contributed by atoms with Gasteiger partial charge in [0.2, 0.25) is 0 Å². The van der Waals surface area contributed by atoms with Crippen LogP contribution in [0.3, 0.4) is 0 Å². The summed E-state index contributed by atoms with van der Waals surface area (Å²) < 4.78 is 0. The number of rotatable bonds is 2. The lowest BCUT2D eigenvalue weighted by Crippen LogP contribution is -1.78. The molecule has 0 aliphatic carbocycles. The quantitative estimate of drug-likeness (QED) is 0.419. The molecule has 0 spiro atoms. The number of nitrogens with zero attached hydrogens (tertiary/aromatic N) is 1. The van der Waals surface area contributed by atoms with Gasteiger partial charge in [-0.15, -0.1) is 0 Å². The molecule has 0 N–H and O–H groups in total. The Bertz CT molecular complexity index is 226. The van der Waals surface area contributed by atoms with E-state index >= 15 is 0 Å². The van der Waals surface area contributed by atoms with Crippen LogP contribution in [0, 0.1) is 11.3 Å². The molecule has 0 amide bonds. The van der Waals surface area contributed by atoms with Crippen molar-refractivity contribution in [2.45, 2.75) is 13.8 Å². The molecule has 1 nitrogen and oxygen atoms in total. The Morgan fingerprint density at radius 1 is 1.40 bits per heavy atom. The molecular formula is C9H11N. The highest BCUT2D eigenvalue weighted by molar-refractivity contribution is 5.40. The summed E-state index contributed by atoms with van der Waals surface area (Å²) in [7, 11) is 0. The van der Waals surface area contributed by atoms with Gasteiger partial charge in [0, 0.05) is 5.57 Å². The molecule has 0 aromatic carbocycles. The molecule has 0 bridgehead atoms. The molecule has 0 aliphatic heterocycles. The Labute approximate surface area is 62.0 Å². The van der Waals surface area contributed by atoms with Crippen molar-refractivity contribution >= 4 is 0 Å². The van der Waals surface area contributed by atoms with Gasteiger partial charge >= 0.3 is 0 Å². The SMILES string of the molecule is C=C(C)/C=C(/C)C(=C)C#N. The van der Waals surface area contributed by atoms with Crippen LogP contribution in [0.1, 0.15) is 13.8 Å². The zero-order valence-corrected chi connectivity index (χ0v) is 6.44. The summed E-state index contributed by atoms with van der Waals surface area (Å²) >= 11 is 0. The summed E-state index contributed by atoms with van der Waals surface area (Å²) in [5, 5.41) is 8.40. The van der Waals surface area contributed by atoms with Crippen molar-refractivity contribution in [1.29, 1.82) is 5.26 Å². The molecule has 0 saturated carbocycles. The van der Waals surface area contributed by atoms with Gasteiger partial charge in [-0.1, -0.05) is 24.8 Å². The molecule has 0 fully saturated rings. The number of hydrogen-bond acceptors (Lipinski definition) is 1. The van der Waals surface area contributed by atoms with Gasteiger partial charge in [-0.05, 0) is 19.4 Å². The Hall–Kier alpha value is -1.29. The first-order valence-electron chi connectivity index (χ1n) is 3.01. The fourth-order valence-electron chi connectivity index (χ4n) is 0.545. The zero-order chi connectivity index (χ0) is 8.15. The van der Waals surface area contributed by atoms with Gasteiger partial charge in [0.05, 0.1) is 6.07 Å². The van der Waals surface area contributed by atoms with Gasteiger partial charge in [-0.3, -0.25) is 0 Å². The smallest absolute Gasteiger partial charge is 0.0988 e. The molecule has 0 rings (SSSR count). The van der Waals surface area contributed by atoms with E-state index in [1.54, 1.807) is 0 Å². The predicted octanol–water partition coefficient (Wildman–Crippen LogP) is 2.59. The molecule has 0 saturated heterocycles. The van der Waals surface area contributed by atoms with Crippen LogP contribution >= 0.6 is 0 Å². The fourth-order valence-corrected chi connectivity index (χ4v) is 0.545. The molecule has 0 unspecified atom stereocenters. The Morgan fingerprint density at radius 2 is 1.90 bits per heavy atom. The Kier molecular flexibility index (Phi) is 3.21. The highest BCUT2D eigenvalue weighted by Crippen LogP contribution is 2.07. The molecule has 0 heterocycles. The van der Waals surface area contributed by atoms with Crippen LogP contribution in [0.25, 0.3) is 0 Å². The highest BCUT2D eigenvalue weighted by Gasteiger charge is 1.92. The van der Waals surface area contributed by atoms with Crippen LogP contribution in [-0.4, -0.2) is 0 Å². The van der Waals surface area contributed by atoms with Crippen LogP contribution in [-0.2, 0) is 0 Å². The van der Waals surface area contributed by atoms with E-state index < -0.39 is 0 Å². The Morgan fingerprint density at radius 3 is 2.20 bits per heavy atom. The van der Waals surface area contributed by atoms with Crippen molar-refractivity contribution in [3.8, 4) is 6.07 Å². The molecule has 0 radical (unpaired) electrons. The third kappa shape index (κ3) is 2.88. The summed E-state index contributed by atoms with van der Waals surface area (Å²) in [4.78, 5) is 0. The lowest BCUT2D eigenvalue weighted by atomic mass is 10.1. The van der Waals surface area contributed by atoms with E-state index in [-0.39, 0.29) is 0 Å². The summed E-state index contributed by atoms with van der Waals surface area (Å²) in [6, 6.07) is 1.97. The second-order valence-electron chi connectivity index (χ2n) is 2.26. The van der Waals surface area contributed by atoms with Crippen molar-refractivity contribution in [2.75, 3.05) is 0 Å². The van der Waals surface area contributed by atoms with Gasteiger partial charge in [0.15, 0.2) is 0 Å². The largest absolute Gasteiger partial charge is 0.192 e. The maximum atomic E-state index is 8.40. The van der Waals surface area contributed by atoms with Crippen molar-refractivity contribution in [3.05, 3.63) is 36.0 Å². The molecular weight excluding hydrogens is 122 g/mol. The first-order chi connectivity index (χ1) is 4.57. The second kappa shape index (κ2) is 3.68. The summed E-state index contributed by atoms with van der Waals surface area (Å²) in [5.74, 6) is 0.